The van der Waals surface area contributed by atoms with Crippen LogP contribution < -0.4 is 10.9 Å². The Hall–Kier alpha value is -4.77. The van der Waals surface area contributed by atoms with Crippen LogP contribution in [0, 0.1) is 0 Å². The molecule has 2 fully saturated rings. The molecule has 0 saturated carbocycles. The van der Waals surface area contributed by atoms with Crippen molar-refractivity contribution in [2.45, 2.75) is 50.7 Å². The first-order valence-corrected chi connectivity index (χ1v) is 14.2. The van der Waals surface area contributed by atoms with Crippen molar-refractivity contribution in [1.82, 2.24) is 34.9 Å². The number of likely N-dealkylation sites (tertiary alicyclic amines) is 1. The number of aromatic nitrogens is 4. The van der Waals surface area contributed by atoms with Crippen LogP contribution in [0.25, 0.3) is 16.7 Å². The first kappa shape index (κ1) is 26.1. The van der Waals surface area contributed by atoms with Crippen molar-refractivity contribution in [3.8, 4) is 5.82 Å². The van der Waals surface area contributed by atoms with Crippen LogP contribution in [0.15, 0.2) is 65.8 Å². The Labute approximate surface area is 241 Å². The number of imide groups is 1. The number of carbonyl (C=O) groups excluding carboxylic acids is 3. The summed E-state index contributed by atoms with van der Waals surface area (Å²) in [6.07, 6.45) is 5.63. The molecule has 0 bridgehead atoms. The Morgan fingerprint density at radius 2 is 1.81 bits per heavy atom. The SMILES string of the molecule is O=C1CCC(N2Cc3cc(C4CCN(Cc5ccc6ncn(-c7cccnn7)c(=O)c6c5)CC4)ccc3C2=O)C(=O)N1. The van der Waals surface area contributed by atoms with Crippen molar-refractivity contribution in [3.05, 3.63) is 93.7 Å². The van der Waals surface area contributed by atoms with Crippen LogP contribution in [0.3, 0.4) is 0 Å². The molecule has 3 aliphatic rings. The molecule has 0 aliphatic carbocycles. The van der Waals surface area contributed by atoms with Gasteiger partial charge in [0.25, 0.3) is 11.5 Å². The summed E-state index contributed by atoms with van der Waals surface area (Å²) in [5.74, 6) is -0.00244. The van der Waals surface area contributed by atoms with E-state index in [1.165, 1.54) is 16.5 Å². The normalized spacial score (nSPS) is 19.8. The minimum absolute atomic E-state index is 0.144. The zero-order valence-electron chi connectivity index (χ0n) is 22.9. The molecule has 1 atom stereocenters. The van der Waals surface area contributed by atoms with Gasteiger partial charge in [-0.2, -0.15) is 5.10 Å². The summed E-state index contributed by atoms with van der Waals surface area (Å²) < 4.78 is 1.42. The van der Waals surface area contributed by atoms with Gasteiger partial charge in [-0.05, 0) is 85.3 Å². The molecule has 4 aromatic rings. The molecule has 5 heterocycles. The first-order valence-electron chi connectivity index (χ1n) is 14.2. The van der Waals surface area contributed by atoms with Gasteiger partial charge < -0.3 is 4.90 Å². The van der Waals surface area contributed by atoms with Crippen molar-refractivity contribution in [3.63, 3.8) is 0 Å². The lowest BCUT2D eigenvalue weighted by Gasteiger charge is -2.32. The predicted octanol–water partition coefficient (Wildman–Crippen LogP) is 2.32. The lowest BCUT2D eigenvalue weighted by atomic mass is 9.87. The van der Waals surface area contributed by atoms with Crippen LogP contribution in [-0.2, 0) is 22.7 Å². The van der Waals surface area contributed by atoms with E-state index in [1.807, 2.05) is 30.3 Å². The summed E-state index contributed by atoms with van der Waals surface area (Å²) in [6.45, 7) is 2.96. The average molecular weight is 564 g/mol. The maximum atomic E-state index is 13.2. The molecule has 0 spiro atoms. The van der Waals surface area contributed by atoms with E-state index in [9.17, 15) is 19.2 Å². The number of carbonyl (C=O) groups is 3. The van der Waals surface area contributed by atoms with E-state index < -0.39 is 6.04 Å². The highest BCUT2D eigenvalue weighted by Gasteiger charge is 2.39. The van der Waals surface area contributed by atoms with E-state index in [2.05, 4.69) is 31.5 Å². The number of nitrogens with one attached hydrogen (secondary N) is 1. The molecule has 7 rings (SSSR count). The molecule has 42 heavy (non-hydrogen) atoms. The maximum absolute atomic E-state index is 13.2. The van der Waals surface area contributed by atoms with Gasteiger partial charge in [-0.3, -0.25) is 29.4 Å². The Balaban J connectivity index is 1.01. The van der Waals surface area contributed by atoms with Crippen molar-refractivity contribution >= 4 is 28.6 Å². The number of nitrogens with zero attached hydrogens (tertiary/aromatic N) is 6. The van der Waals surface area contributed by atoms with Gasteiger partial charge >= 0.3 is 0 Å². The van der Waals surface area contributed by atoms with Crippen molar-refractivity contribution in [2.24, 2.45) is 0 Å². The number of hydrogen-bond acceptors (Lipinski definition) is 8. The number of piperidine rings is 2. The van der Waals surface area contributed by atoms with E-state index in [4.69, 9.17) is 0 Å². The molecule has 11 nitrogen and oxygen atoms in total. The second-order valence-electron chi connectivity index (χ2n) is 11.2. The smallest absolute Gasteiger partial charge is 0.267 e. The van der Waals surface area contributed by atoms with Gasteiger partial charge in [0.15, 0.2) is 5.82 Å². The molecule has 2 aromatic carbocycles. The standard InChI is InChI=1S/C31H29N7O4/c39-28-8-7-26(29(40)34-28)37-17-22-15-21(4-5-23(22)30(37)41)20-9-12-36(13-10-20)16-19-3-6-25-24(14-19)31(42)38(18-32-25)27-2-1-11-33-35-27/h1-6,11,14-15,18,20,26H,7-10,12-13,16-17H2,(H,34,39,40). The highest BCUT2D eigenvalue weighted by molar-refractivity contribution is 6.05. The lowest BCUT2D eigenvalue weighted by Crippen LogP contribution is -2.52. The van der Waals surface area contributed by atoms with Gasteiger partial charge in [0, 0.05) is 31.3 Å². The predicted molar refractivity (Wildman–Crippen MR) is 153 cm³/mol. The fourth-order valence-electron chi connectivity index (χ4n) is 6.38. The number of amides is 3. The van der Waals surface area contributed by atoms with Gasteiger partial charge in [-0.1, -0.05) is 18.2 Å². The second-order valence-corrected chi connectivity index (χ2v) is 11.2. The van der Waals surface area contributed by atoms with Crippen LogP contribution in [0.2, 0.25) is 0 Å². The van der Waals surface area contributed by atoms with Crippen LogP contribution in [0.1, 0.15) is 58.6 Å². The first-order chi connectivity index (χ1) is 20.4. The summed E-state index contributed by atoms with van der Waals surface area (Å²) >= 11 is 0. The van der Waals surface area contributed by atoms with Crippen LogP contribution in [-0.4, -0.2) is 66.4 Å². The van der Waals surface area contributed by atoms with Gasteiger partial charge in [-0.25, -0.2) is 9.55 Å². The van der Waals surface area contributed by atoms with Crippen LogP contribution in [0.4, 0.5) is 0 Å². The minimum Gasteiger partial charge on any atom is -0.322 e. The third kappa shape index (κ3) is 4.75. The van der Waals surface area contributed by atoms with Crippen LogP contribution >= 0.6 is 0 Å². The summed E-state index contributed by atoms with van der Waals surface area (Å²) in [6, 6.07) is 14.8. The Bertz CT molecular complexity index is 1780. The summed E-state index contributed by atoms with van der Waals surface area (Å²) in [4.78, 5) is 58.6. The molecule has 212 valence electrons. The van der Waals surface area contributed by atoms with E-state index in [1.54, 1.807) is 23.2 Å². The largest absolute Gasteiger partial charge is 0.322 e. The number of hydrogen-bond donors (Lipinski definition) is 1. The minimum atomic E-state index is -0.602. The Morgan fingerprint density at radius 3 is 2.60 bits per heavy atom. The molecular formula is C31H29N7O4. The van der Waals surface area contributed by atoms with Crippen molar-refractivity contribution in [1.29, 1.82) is 0 Å². The molecule has 3 amide bonds. The fraction of sp³-hybridized carbons (Fsp3) is 0.323. The second kappa shape index (κ2) is 10.6. The van der Waals surface area contributed by atoms with Gasteiger partial charge in [0.2, 0.25) is 11.8 Å². The van der Waals surface area contributed by atoms with Crippen molar-refractivity contribution < 1.29 is 14.4 Å². The molecular weight excluding hydrogens is 534 g/mol. The zero-order valence-corrected chi connectivity index (χ0v) is 22.9. The monoisotopic (exact) mass is 563 g/mol. The van der Waals surface area contributed by atoms with Gasteiger partial charge in [-0.15, -0.1) is 5.10 Å². The number of fused-ring (bicyclic) bond motifs is 2. The van der Waals surface area contributed by atoms with E-state index >= 15 is 0 Å². The molecule has 11 heteroatoms. The number of rotatable bonds is 5. The molecule has 1 unspecified atom stereocenters. The molecule has 0 radical (unpaired) electrons. The number of benzene rings is 2. The van der Waals surface area contributed by atoms with E-state index in [-0.39, 0.29) is 29.7 Å². The van der Waals surface area contributed by atoms with E-state index in [0.717, 1.165) is 43.6 Å². The van der Waals surface area contributed by atoms with Crippen LogP contribution in [0.5, 0.6) is 0 Å². The summed E-state index contributed by atoms with van der Waals surface area (Å²) in [5.41, 5.74) is 4.33. The summed E-state index contributed by atoms with van der Waals surface area (Å²) in [5, 5.41) is 10.8. The highest BCUT2D eigenvalue weighted by Crippen LogP contribution is 2.34. The van der Waals surface area contributed by atoms with Gasteiger partial charge in [0.05, 0.1) is 10.9 Å². The van der Waals surface area contributed by atoms with Gasteiger partial charge in [0.1, 0.15) is 12.4 Å². The average Bonchev–Trinajstić information content (AvgIpc) is 3.33. The third-order valence-corrected chi connectivity index (χ3v) is 8.64. The molecule has 2 saturated heterocycles. The molecule has 1 N–H and O–H groups in total. The van der Waals surface area contributed by atoms with E-state index in [0.29, 0.717) is 41.2 Å². The van der Waals surface area contributed by atoms with Crippen molar-refractivity contribution in [2.75, 3.05) is 13.1 Å². The Morgan fingerprint density at radius 1 is 0.952 bits per heavy atom. The highest BCUT2D eigenvalue weighted by atomic mass is 16.2. The lowest BCUT2D eigenvalue weighted by molar-refractivity contribution is -0.136. The Kier molecular flexibility index (Phi) is 6.58. The fourth-order valence-corrected chi connectivity index (χ4v) is 6.38. The third-order valence-electron chi connectivity index (χ3n) is 8.64. The molecule has 2 aromatic heterocycles. The molecule has 3 aliphatic heterocycles. The topological polar surface area (TPSA) is 130 Å². The summed E-state index contributed by atoms with van der Waals surface area (Å²) in [7, 11) is 0. The zero-order chi connectivity index (χ0) is 28.8. The maximum Gasteiger partial charge on any atom is 0.267 e. The quantitative estimate of drug-likeness (QED) is 0.366.